The number of aliphatic carboxylic acids is 2. The van der Waals surface area contributed by atoms with Crippen molar-refractivity contribution in [1.82, 2.24) is 0 Å². The van der Waals surface area contributed by atoms with Gasteiger partial charge in [0.25, 0.3) is 0 Å². The van der Waals surface area contributed by atoms with Gasteiger partial charge in [-0.2, -0.15) is 0 Å². The van der Waals surface area contributed by atoms with E-state index in [1.54, 1.807) is 0 Å². The molecular formula is C22H24O4. The second kappa shape index (κ2) is 6.60. The van der Waals surface area contributed by atoms with Crippen molar-refractivity contribution in [3.05, 3.63) is 70.8 Å². The highest BCUT2D eigenvalue weighted by Gasteiger charge is 2.40. The lowest BCUT2D eigenvalue weighted by Gasteiger charge is -2.16. The first kappa shape index (κ1) is 18.2. The number of carboxylic acids is 2. The minimum Gasteiger partial charge on any atom is -0.481 e. The van der Waals surface area contributed by atoms with Gasteiger partial charge in [-0.3, -0.25) is 9.59 Å². The zero-order chi connectivity index (χ0) is 18.9. The lowest BCUT2D eigenvalue weighted by Crippen LogP contribution is -2.27. The summed E-state index contributed by atoms with van der Waals surface area (Å²) in [7, 11) is 0. The van der Waals surface area contributed by atoms with E-state index < -0.39 is 22.8 Å². The second-order valence-electron chi connectivity index (χ2n) is 7.98. The van der Waals surface area contributed by atoms with Gasteiger partial charge in [0.1, 0.15) is 0 Å². The highest BCUT2D eigenvalue weighted by molar-refractivity contribution is 5.77. The summed E-state index contributed by atoms with van der Waals surface area (Å²) in [5.74, 6) is -1.38. The van der Waals surface area contributed by atoms with Gasteiger partial charge >= 0.3 is 11.9 Å². The standard InChI is InChI=1S/2C11H12O2/c2*1-11(10(12)13)6-8-4-2-3-5-9(8)7-11/h2*2-5H,6-7H2,1H3,(H,12,13). The van der Waals surface area contributed by atoms with Gasteiger partial charge in [0, 0.05) is 0 Å². The fourth-order valence-corrected chi connectivity index (χ4v) is 3.91. The lowest BCUT2D eigenvalue weighted by atomic mass is 9.88. The predicted octanol–water partition coefficient (Wildman–Crippen LogP) is 3.75. The van der Waals surface area contributed by atoms with Crippen molar-refractivity contribution in [2.45, 2.75) is 39.5 Å². The van der Waals surface area contributed by atoms with Gasteiger partial charge in [0.2, 0.25) is 0 Å². The molecule has 0 heterocycles. The first-order valence-corrected chi connectivity index (χ1v) is 8.84. The minimum atomic E-state index is -0.691. The Morgan fingerprint density at radius 3 is 1.08 bits per heavy atom. The predicted molar refractivity (Wildman–Crippen MR) is 99.2 cm³/mol. The van der Waals surface area contributed by atoms with Gasteiger partial charge in [0.05, 0.1) is 10.8 Å². The molecule has 0 fully saturated rings. The fraction of sp³-hybridized carbons (Fsp3) is 0.364. The topological polar surface area (TPSA) is 74.6 Å². The van der Waals surface area contributed by atoms with Crippen LogP contribution in [0.1, 0.15) is 36.1 Å². The Kier molecular flexibility index (Phi) is 4.61. The summed E-state index contributed by atoms with van der Waals surface area (Å²) in [6.07, 6.45) is 2.66. The zero-order valence-corrected chi connectivity index (χ0v) is 15.2. The van der Waals surface area contributed by atoms with Crippen LogP contribution in [-0.2, 0) is 35.3 Å². The molecule has 0 atom stereocenters. The molecule has 0 bridgehead atoms. The van der Waals surface area contributed by atoms with E-state index in [0.717, 1.165) is 0 Å². The number of carbonyl (C=O) groups is 2. The highest BCUT2D eigenvalue weighted by Crippen LogP contribution is 2.37. The molecule has 0 saturated carbocycles. The molecular weight excluding hydrogens is 328 g/mol. The summed E-state index contributed by atoms with van der Waals surface area (Å²) >= 11 is 0. The molecule has 2 aromatic carbocycles. The highest BCUT2D eigenvalue weighted by atomic mass is 16.4. The number of fused-ring (bicyclic) bond motifs is 2. The van der Waals surface area contributed by atoms with Crippen molar-refractivity contribution in [1.29, 1.82) is 0 Å². The molecule has 2 aliphatic rings. The Bertz CT molecular complexity index is 731. The van der Waals surface area contributed by atoms with Crippen molar-refractivity contribution in [3.8, 4) is 0 Å². The van der Waals surface area contributed by atoms with E-state index in [1.165, 1.54) is 22.3 Å². The van der Waals surface area contributed by atoms with Gasteiger partial charge in [0.15, 0.2) is 0 Å². The molecule has 2 aliphatic carbocycles. The van der Waals surface area contributed by atoms with E-state index in [0.29, 0.717) is 25.7 Å². The normalized spacial score (nSPS) is 18.2. The van der Waals surface area contributed by atoms with Crippen LogP contribution >= 0.6 is 0 Å². The van der Waals surface area contributed by atoms with Gasteiger partial charge < -0.3 is 10.2 Å². The molecule has 4 rings (SSSR count). The third kappa shape index (κ3) is 3.36. The molecule has 0 unspecified atom stereocenters. The summed E-state index contributed by atoms with van der Waals surface area (Å²) in [5.41, 5.74) is 3.59. The van der Waals surface area contributed by atoms with Crippen LogP contribution in [0.15, 0.2) is 48.5 Å². The van der Waals surface area contributed by atoms with Crippen LogP contribution < -0.4 is 0 Å². The molecule has 136 valence electrons. The van der Waals surface area contributed by atoms with Gasteiger partial charge in [-0.25, -0.2) is 0 Å². The number of benzene rings is 2. The third-order valence-electron chi connectivity index (χ3n) is 5.59. The van der Waals surface area contributed by atoms with Crippen LogP contribution in [0, 0.1) is 10.8 Å². The minimum absolute atomic E-state index is 0.580. The van der Waals surface area contributed by atoms with Crippen LogP contribution in [0.2, 0.25) is 0 Å². The number of hydrogen-bond acceptors (Lipinski definition) is 2. The molecule has 2 N–H and O–H groups in total. The monoisotopic (exact) mass is 352 g/mol. The summed E-state index contributed by atoms with van der Waals surface area (Å²) < 4.78 is 0. The third-order valence-corrected chi connectivity index (χ3v) is 5.59. The van der Waals surface area contributed by atoms with Crippen molar-refractivity contribution in [2.24, 2.45) is 10.8 Å². The zero-order valence-electron chi connectivity index (χ0n) is 15.2. The molecule has 0 saturated heterocycles. The fourth-order valence-electron chi connectivity index (χ4n) is 3.91. The van der Waals surface area contributed by atoms with E-state index in [1.807, 2.05) is 62.4 Å². The van der Waals surface area contributed by atoms with Crippen LogP contribution in [0.4, 0.5) is 0 Å². The average molecular weight is 352 g/mol. The first-order chi connectivity index (χ1) is 12.2. The number of hydrogen-bond donors (Lipinski definition) is 2. The summed E-state index contributed by atoms with van der Waals surface area (Å²) in [4.78, 5) is 22.0. The molecule has 4 heteroatoms. The molecule has 2 aromatic rings. The van der Waals surface area contributed by atoms with E-state index in [4.69, 9.17) is 10.2 Å². The number of rotatable bonds is 2. The van der Waals surface area contributed by atoms with Crippen LogP contribution in [0.3, 0.4) is 0 Å². The van der Waals surface area contributed by atoms with Crippen molar-refractivity contribution < 1.29 is 19.8 Å². The molecule has 0 aromatic heterocycles. The van der Waals surface area contributed by atoms with E-state index in [2.05, 4.69) is 0 Å². The second-order valence-corrected chi connectivity index (χ2v) is 7.98. The van der Waals surface area contributed by atoms with Crippen molar-refractivity contribution in [3.63, 3.8) is 0 Å². The number of carboxylic acid groups (broad SMARTS) is 2. The van der Waals surface area contributed by atoms with Gasteiger partial charge in [-0.1, -0.05) is 48.5 Å². The van der Waals surface area contributed by atoms with Gasteiger partial charge in [-0.05, 0) is 61.8 Å². The quantitative estimate of drug-likeness (QED) is 0.863. The molecule has 0 aliphatic heterocycles. The van der Waals surface area contributed by atoms with Crippen LogP contribution in [-0.4, -0.2) is 22.2 Å². The maximum absolute atomic E-state index is 11.0. The molecule has 0 amide bonds. The first-order valence-electron chi connectivity index (χ1n) is 8.84. The maximum Gasteiger partial charge on any atom is 0.310 e. The van der Waals surface area contributed by atoms with Crippen LogP contribution in [0.5, 0.6) is 0 Å². The van der Waals surface area contributed by atoms with E-state index in [-0.39, 0.29) is 0 Å². The SMILES string of the molecule is CC1(C(=O)O)Cc2ccccc2C1.CC1(C(=O)O)Cc2ccccc2C1. The molecule has 0 spiro atoms. The van der Waals surface area contributed by atoms with E-state index >= 15 is 0 Å². The summed E-state index contributed by atoms with van der Waals surface area (Å²) in [5, 5.41) is 18.1. The van der Waals surface area contributed by atoms with Gasteiger partial charge in [-0.15, -0.1) is 0 Å². The maximum atomic E-state index is 11.0. The van der Waals surface area contributed by atoms with Crippen molar-refractivity contribution >= 4 is 11.9 Å². The summed E-state index contributed by atoms with van der Waals surface area (Å²) in [6, 6.07) is 15.9. The molecule has 26 heavy (non-hydrogen) atoms. The molecule has 0 radical (unpaired) electrons. The molecule has 4 nitrogen and oxygen atoms in total. The Morgan fingerprint density at radius 1 is 0.654 bits per heavy atom. The smallest absolute Gasteiger partial charge is 0.310 e. The van der Waals surface area contributed by atoms with Crippen molar-refractivity contribution in [2.75, 3.05) is 0 Å². The Morgan fingerprint density at radius 2 is 0.885 bits per heavy atom. The Balaban J connectivity index is 0.000000151. The van der Waals surface area contributed by atoms with E-state index in [9.17, 15) is 9.59 Å². The lowest BCUT2D eigenvalue weighted by molar-refractivity contribution is -0.148. The largest absolute Gasteiger partial charge is 0.481 e. The average Bonchev–Trinajstić information content (AvgIpc) is 3.12. The van der Waals surface area contributed by atoms with Crippen LogP contribution in [0.25, 0.3) is 0 Å². The Hall–Kier alpha value is -2.62. The summed E-state index contributed by atoms with van der Waals surface area (Å²) in [6.45, 7) is 3.63. The Labute approximate surface area is 153 Å².